The molecular weight excluding hydrogens is 398 g/mol. The van der Waals surface area contributed by atoms with Crippen LogP contribution in [0.4, 0.5) is 5.95 Å². The molecule has 0 aliphatic carbocycles. The van der Waals surface area contributed by atoms with Crippen LogP contribution in [-0.4, -0.2) is 64.4 Å². The molecule has 0 amide bonds. The van der Waals surface area contributed by atoms with Gasteiger partial charge >= 0.3 is 0 Å². The van der Waals surface area contributed by atoms with Crippen molar-refractivity contribution in [3.05, 3.63) is 21.9 Å². The van der Waals surface area contributed by atoms with Crippen LogP contribution in [0, 0.1) is 6.92 Å². The first-order chi connectivity index (χ1) is 13.4. The summed E-state index contributed by atoms with van der Waals surface area (Å²) in [6, 6.07) is 0. The first-order valence-electron chi connectivity index (χ1n) is 9.64. The molecule has 0 saturated carbocycles. The average Bonchev–Trinajstić information content (AvgIpc) is 3.07. The highest BCUT2D eigenvalue weighted by atomic mass is 35.5. The number of rotatable bonds is 2. The molecule has 154 valence electrons. The average molecular weight is 426 g/mol. The van der Waals surface area contributed by atoms with Gasteiger partial charge in [0.15, 0.2) is 0 Å². The number of aliphatic hydroxyl groups excluding tert-OH is 1. The van der Waals surface area contributed by atoms with Crippen LogP contribution in [-0.2, 0) is 4.74 Å². The van der Waals surface area contributed by atoms with E-state index in [2.05, 4.69) is 21.9 Å². The number of ether oxygens (including phenoxy) is 1. The molecule has 9 heteroatoms. The van der Waals surface area contributed by atoms with Crippen molar-refractivity contribution < 1.29 is 9.84 Å². The largest absolute Gasteiger partial charge is 0.391 e. The van der Waals surface area contributed by atoms with Crippen molar-refractivity contribution in [2.24, 2.45) is 0 Å². The van der Waals surface area contributed by atoms with E-state index in [1.807, 2.05) is 6.92 Å². The monoisotopic (exact) mass is 425 g/mol. The second-order valence-corrected chi connectivity index (χ2v) is 8.78. The predicted octanol–water partition coefficient (Wildman–Crippen LogP) is 3.11. The van der Waals surface area contributed by atoms with Crippen molar-refractivity contribution in [2.75, 3.05) is 39.1 Å². The Bertz CT molecular complexity index is 774. The van der Waals surface area contributed by atoms with Gasteiger partial charge in [0.25, 0.3) is 0 Å². The van der Waals surface area contributed by atoms with Crippen LogP contribution in [0.2, 0.25) is 5.02 Å². The lowest BCUT2D eigenvalue weighted by molar-refractivity contribution is -0.00535. The zero-order valence-electron chi connectivity index (χ0n) is 16.4. The summed E-state index contributed by atoms with van der Waals surface area (Å²) < 4.78 is 4.93. The van der Waals surface area contributed by atoms with Crippen LogP contribution in [0.5, 0.6) is 0 Å². The van der Waals surface area contributed by atoms with Gasteiger partial charge in [-0.3, -0.25) is 0 Å². The van der Waals surface area contributed by atoms with Crippen LogP contribution in [0.25, 0.3) is 10.6 Å². The second kappa shape index (κ2) is 9.93. The lowest BCUT2D eigenvalue weighted by Gasteiger charge is -2.27. The fourth-order valence-corrected chi connectivity index (χ4v) is 4.81. The van der Waals surface area contributed by atoms with Crippen molar-refractivity contribution in [3.8, 4) is 10.6 Å². The number of halogens is 1. The summed E-state index contributed by atoms with van der Waals surface area (Å²) in [7, 11) is 2.16. The predicted molar refractivity (Wildman–Crippen MR) is 113 cm³/mol. The summed E-state index contributed by atoms with van der Waals surface area (Å²) in [5.41, 5.74) is 7.34. The Morgan fingerprint density at radius 1 is 1.29 bits per heavy atom. The third-order valence-corrected chi connectivity index (χ3v) is 6.60. The molecule has 1 atom stereocenters. The Labute approximate surface area is 174 Å². The molecular formula is C19H28ClN5O2S. The van der Waals surface area contributed by atoms with Crippen molar-refractivity contribution in [2.45, 2.75) is 44.6 Å². The highest BCUT2D eigenvalue weighted by Crippen LogP contribution is 2.38. The van der Waals surface area contributed by atoms with E-state index < -0.39 is 0 Å². The zero-order chi connectivity index (χ0) is 20.1. The number of aromatic nitrogens is 3. The summed E-state index contributed by atoms with van der Waals surface area (Å²) in [6.07, 6.45) is 5.61. The number of aliphatic hydroxyl groups is 1. The number of thiazole rings is 1. The normalized spacial score (nSPS) is 21.2. The molecule has 2 saturated heterocycles. The summed E-state index contributed by atoms with van der Waals surface area (Å²) in [5.74, 6) is 0.777. The molecule has 1 unspecified atom stereocenters. The highest BCUT2D eigenvalue weighted by molar-refractivity contribution is 7.15. The number of nitrogens with two attached hydrogens (primary N) is 1. The number of hydrogen-bond donors (Lipinski definition) is 2. The third kappa shape index (κ3) is 5.61. The van der Waals surface area contributed by atoms with Crippen molar-refractivity contribution in [1.29, 1.82) is 0 Å². The van der Waals surface area contributed by atoms with Crippen LogP contribution in [0.1, 0.15) is 42.3 Å². The van der Waals surface area contributed by atoms with E-state index in [-0.39, 0.29) is 12.1 Å². The van der Waals surface area contributed by atoms with E-state index in [4.69, 9.17) is 32.2 Å². The number of hydrogen-bond acceptors (Lipinski definition) is 8. The van der Waals surface area contributed by atoms with Crippen LogP contribution in [0.15, 0.2) is 6.20 Å². The molecule has 4 rings (SSSR count). The third-order valence-electron chi connectivity index (χ3n) is 5.00. The number of nitrogens with zero attached hydrogens (tertiary/aromatic N) is 4. The molecule has 2 aliphatic rings. The van der Waals surface area contributed by atoms with E-state index in [9.17, 15) is 0 Å². The Hall–Kier alpha value is -1.32. The number of aryl methyl sites for hydroxylation is 1. The van der Waals surface area contributed by atoms with Crippen molar-refractivity contribution >= 4 is 28.9 Å². The maximum absolute atomic E-state index is 8.78. The summed E-state index contributed by atoms with van der Waals surface area (Å²) >= 11 is 7.89. The van der Waals surface area contributed by atoms with Gasteiger partial charge in [-0.25, -0.2) is 15.0 Å². The molecule has 7 nitrogen and oxygen atoms in total. The van der Waals surface area contributed by atoms with Gasteiger partial charge in [0.1, 0.15) is 5.69 Å². The lowest BCUT2D eigenvalue weighted by atomic mass is 9.98. The molecule has 28 heavy (non-hydrogen) atoms. The van der Waals surface area contributed by atoms with E-state index in [0.717, 1.165) is 56.0 Å². The maximum atomic E-state index is 8.78. The minimum absolute atomic E-state index is 0.186. The van der Waals surface area contributed by atoms with Gasteiger partial charge in [0.2, 0.25) is 5.95 Å². The standard InChI is InChI=1S/C14H18ClN5S.C5H10O2/c1-8-12(11-10(15)7-17-14(16)19-11)21-13(18-8)9-3-5-20(2)6-4-9;6-5-2-1-3-7-4-5/h7,9H,3-6H2,1-2H3,(H2,16,17,19);5-6H,1-4H2. The first-order valence-corrected chi connectivity index (χ1v) is 10.8. The van der Waals surface area contributed by atoms with E-state index >= 15 is 0 Å². The molecule has 2 fully saturated rings. The first kappa shape index (κ1) is 21.4. The molecule has 2 aromatic heterocycles. The van der Waals surface area contributed by atoms with Gasteiger partial charge in [-0.1, -0.05) is 11.6 Å². The topological polar surface area (TPSA) is 97.4 Å². The summed E-state index contributed by atoms with van der Waals surface area (Å²) in [6.45, 7) is 5.62. The van der Waals surface area contributed by atoms with E-state index in [0.29, 0.717) is 23.2 Å². The summed E-state index contributed by atoms with van der Waals surface area (Å²) in [4.78, 5) is 16.3. The van der Waals surface area contributed by atoms with Gasteiger partial charge in [0, 0.05) is 12.5 Å². The molecule has 0 spiro atoms. The fourth-order valence-electron chi connectivity index (χ4n) is 3.33. The van der Waals surface area contributed by atoms with Gasteiger partial charge in [-0.15, -0.1) is 11.3 Å². The molecule has 0 aromatic carbocycles. The number of anilines is 1. The molecule has 4 heterocycles. The molecule has 0 bridgehead atoms. The van der Waals surface area contributed by atoms with Crippen molar-refractivity contribution in [3.63, 3.8) is 0 Å². The molecule has 0 radical (unpaired) electrons. The Morgan fingerprint density at radius 3 is 2.64 bits per heavy atom. The van der Waals surface area contributed by atoms with E-state index in [1.54, 1.807) is 17.5 Å². The Balaban J connectivity index is 0.000000271. The number of nitrogen functional groups attached to an aromatic ring is 1. The fraction of sp³-hybridized carbons (Fsp3) is 0.632. The number of piperidine rings is 1. The van der Waals surface area contributed by atoms with Gasteiger partial charge in [-0.2, -0.15) is 0 Å². The lowest BCUT2D eigenvalue weighted by Crippen LogP contribution is -2.29. The maximum Gasteiger partial charge on any atom is 0.220 e. The van der Waals surface area contributed by atoms with Crippen molar-refractivity contribution in [1.82, 2.24) is 19.9 Å². The molecule has 2 aromatic rings. The molecule has 3 N–H and O–H groups in total. The Morgan fingerprint density at radius 2 is 2.04 bits per heavy atom. The minimum atomic E-state index is -0.186. The van der Waals surface area contributed by atoms with Gasteiger partial charge < -0.3 is 20.5 Å². The van der Waals surface area contributed by atoms with Gasteiger partial charge in [0.05, 0.1) is 39.5 Å². The highest BCUT2D eigenvalue weighted by Gasteiger charge is 2.23. The van der Waals surface area contributed by atoms with Crippen LogP contribution < -0.4 is 5.73 Å². The number of likely N-dealkylation sites (tertiary alicyclic amines) is 1. The zero-order valence-corrected chi connectivity index (χ0v) is 18.0. The molecule has 2 aliphatic heterocycles. The van der Waals surface area contributed by atoms with Gasteiger partial charge in [-0.05, 0) is 52.7 Å². The van der Waals surface area contributed by atoms with Crippen LogP contribution >= 0.6 is 22.9 Å². The smallest absolute Gasteiger partial charge is 0.220 e. The SMILES string of the molecule is Cc1nc(C2CCN(C)CC2)sc1-c1nc(N)ncc1Cl.OC1CCCOC1. The quantitative estimate of drug-likeness (QED) is 0.762. The van der Waals surface area contributed by atoms with E-state index in [1.165, 1.54) is 5.01 Å². The summed E-state index contributed by atoms with van der Waals surface area (Å²) in [5, 5.41) is 10.5. The van der Waals surface area contributed by atoms with Crippen LogP contribution in [0.3, 0.4) is 0 Å². The second-order valence-electron chi connectivity index (χ2n) is 7.34. The Kier molecular flexibility index (Phi) is 7.59. The minimum Gasteiger partial charge on any atom is -0.391 e.